The summed E-state index contributed by atoms with van der Waals surface area (Å²) >= 11 is 1.51. The molecule has 0 bridgehead atoms. The fourth-order valence-electron chi connectivity index (χ4n) is 3.43. The molecule has 0 saturated heterocycles. The second-order valence-corrected chi connectivity index (χ2v) is 7.88. The van der Waals surface area contributed by atoms with E-state index in [9.17, 15) is 9.59 Å². The van der Waals surface area contributed by atoms with Crippen molar-refractivity contribution in [3.63, 3.8) is 0 Å². The summed E-state index contributed by atoms with van der Waals surface area (Å²) in [5.41, 5.74) is 1.47. The van der Waals surface area contributed by atoms with E-state index in [1.165, 1.54) is 18.4 Å². The Labute approximate surface area is 181 Å². The van der Waals surface area contributed by atoms with E-state index in [4.69, 9.17) is 18.6 Å². The predicted octanol–water partition coefficient (Wildman–Crippen LogP) is 5.65. The molecule has 0 amide bonds. The van der Waals surface area contributed by atoms with Crippen LogP contribution in [-0.4, -0.2) is 18.9 Å². The zero-order valence-corrected chi connectivity index (χ0v) is 17.4. The highest BCUT2D eigenvalue weighted by molar-refractivity contribution is 7.10. The predicted molar refractivity (Wildman–Crippen MR) is 116 cm³/mol. The van der Waals surface area contributed by atoms with Gasteiger partial charge in [-0.25, -0.2) is 4.79 Å². The number of hydrogen-bond donors (Lipinski definition) is 0. The van der Waals surface area contributed by atoms with Crippen LogP contribution in [0, 0.1) is 6.92 Å². The Morgan fingerprint density at radius 3 is 2.74 bits per heavy atom. The van der Waals surface area contributed by atoms with Crippen LogP contribution >= 0.6 is 11.3 Å². The lowest BCUT2D eigenvalue weighted by Gasteiger charge is -2.09. The van der Waals surface area contributed by atoms with Gasteiger partial charge in [-0.05, 0) is 42.6 Å². The second kappa shape index (κ2) is 7.45. The van der Waals surface area contributed by atoms with Crippen molar-refractivity contribution in [2.75, 3.05) is 7.11 Å². The number of carbonyl (C=O) groups excluding carboxylic acids is 2. The Morgan fingerprint density at radius 1 is 1.10 bits per heavy atom. The van der Waals surface area contributed by atoms with Crippen LogP contribution in [0.25, 0.3) is 17.0 Å². The molecule has 0 spiro atoms. The van der Waals surface area contributed by atoms with Gasteiger partial charge in [0.15, 0.2) is 17.1 Å². The standard InChI is InChI=1S/C24H16O6S/c1-13-17(30-24(26)20-11-14-5-3-7-18(27-2)23(14)29-20)9-8-16-21(25)19(28-22(13)16)12-15-6-4-10-31-15/h3-12H,1-2H3/b19-12-. The van der Waals surface area contributed by atoms with E-state index in [2.05, 4.69) is 0 Å². The number of fused-ring (bicyclic) bond motifs is 2. The molecule has 5 rings (SSSR count). The van der Waals surface area contributed by atoms with E-state index >= 15 is 0 Å². The van der Waals surface area contributed by atoms with E-state index in [-0.39, 0.29) is 17.3 Å². The van der Waals surface area contributed by atoms with Gasteiger partial charge in [0.2, 0.25) is 11.5 Å². The van der Waals surface area contributed by atoms with Crippen LogP contribution in [0.2, 0.25) is 0 Å². The van der Waals surface area contributed by atoms with Crippen molar-refractivity contribution >= 4 is 40.1 Å². The molecule has 7 heteroatoms. The molecule has 1 aliphatic heterocycles. The third kappa shape index (κ3) is 3.29. The Bertz CT molecular complexity index is 1360. The molecule has 0 saturated carbocycles. The van der Waals surface area contributed by atoms with Gasteiger partial charge in [0, 0.05) is 21.9 Å². The molecule has 31 heavy (non-hydrogen) atoms. The van der Waals surface area contributed by atoms with Gasteiger partial charge >= 0.3 is 5.97 Å². The van der Waals surface area contributed by atoms with E-state index in [0.717, 1.165) is 10.3 Å². The van der Waals surface area contributed by atoms with Crippen molar-refractivity contribution in [2.24, 2.45) is 0 Å². The fourth-order valence-corrected chi connectivity index (χ4v) is 4.08. The van der Waals surface area contributed by atoms with E-state index in [1.54, 1.807) is 37.3 Å². The number of ether oxygens (including phenoxy) is 3. The number of hydrogen-bond acceptors (Lipinski definition) is 7. The number of rotatable bonds is 4. The van der Waals surface area contributed by atoms with Crippen LogP contribution in [0.5, 0.6) is 17.2 Å². The summed E-state index contributed by atoms with van der Waals surface area (Å²) in [4.78, 5) is 26.3. The molecule has 0 unspecified atom stereocenters. The van der Waals surface area contributed by atoms with E-state index < -0.39 is 5.97 Å². The molecule has 0 fully saturated rings. The summed E-state index contributed by atoms with van der Waals surface area (Å²) < 4.78 is 22.3. The first-order valence-electron chi connectivity index (χ1n) is 9.45. The Morgan fingerprint density at radius 2 is 1.97 bits per heavy atom. The van der Waals surface area contributed by atoms with Gasteiger partial charge in [0.1, 0.15) is 11.5 Å². The summed E-state index contributed by atoms with van der Waals surface area (Å²) in [6.07, 6.45) is 1.71. The molecule has 1 aliphatic rings. The molecule has 0 aliphatic carbocycles. The van der Waals surface area contributed by atoms with Crippen LogP contribution in [0.4, 0.5) is 0 Å². The minimum atomic E-state index is -0.653. The lowest BCUT2D eigenvalue weighted by atomic mass is 10.1. The van der Waals surface area contributed by atoms with Crippen LogP contribution < -0.4 is 14.2 Å². The maximum atomic E-state index is 12.7. The number of furan rings is 1. The normalized spacial score (nSPS) is 14.0. The zero-order valence-electron chi connectivity index (χ0n) is 16.6. The quantitative estimate of drug-likeness (QED) is 0.236. The zero-order chi connectivity index (χ0) is 21.5. The van der Waals surface area contributed by atoms with Crippen molar-refractivity contribution in [1.82, 2.24) is 0 Å². The first-order chi connectivity index (χ1) is 15.0. The molecule has 154 valence electrons. The van der Waals surface area contributed by atoms with Gasteiger partial charge in [-0.3, -0.25) is 4.79 Å². The van der Waals surface area contributed by atoms with Crippen molar-refractivity contribution in [3.05, 3.63) is 81.4 Å². The number of methoxy groups -OCH3 is 1. The first kappa shape index (κ1) is 19.1. The molecular formula is C24H16O6S. The van der Waals surface area contributed by atoms with Crippen LogP contribution in [-0.2, 0) is 0 Å². The number of benzene rings is 2. The largest absolute Gasteiger partial charge is 0.493 e. The number of allylic oxidation sites excluding steroid dienone is 1. The molecule has 0 radical (unpaired) electrons. The highest BCUT2D eigenvalue weighted by atomic mass is 32.1. The summed E-state index contributed by atoms with van der Waals surface area (Å²) in [5, 5.41) is 2.66. The third-order valence-electron chi connectivity index (χ3n) is 4.98. The van der Waals surface area contributed by atoms with Gasteiger partial charge in [-0.15, -0.1) is 11.3 Å². The summed E-state index contributed by atoms with van der Waals surface area (Å²) in [6.45, 7) is 1.74. The molecule has 3 heterocycles. The minimum Gasteiger partial charge on any atom is -0.493 e. The average molecular weight is 432 g/mol. The smallest absolute Gasteiger partial charge is 0.379 e. The summed E-state index contributed by atoms with van der Waals surface area (Å²) in [7, 11) is 1.53. The molecule has 6 nitrogen and oxygen atoms in total. The lowest BCUT2D eigenvalue weighted by molar-refractivity contribution is 0.0702. The number of Topliss-reactive ketones (excluding diaryl/α,β-unsaturated/α-hetero) is 1. The minimum absolute atomic E-state index is 0.0506. The first-order valence-corrected chi connectivity index (χ1v) is 10.3. The van der Waals surface area contributed by atoms with E-state index in [0.29, 0.717) is 34.0 Å². The van der Waals surface area contributed by atoms with Gasteiger partial charge in [-0.1, -0.05) is 18.2 Å². The number of thiophene rings is 1. The summed E-state index contributed by atoms with van der Waals surface area (Å²) in [5.74, 6) is 0.657. The fraction of sp³-hybridized carbons (Fsp3) is 0.0833. The number of carbonyl (C=O) groups is 2. The second-order valence-electron chi connectivity index (χ2n) is 6.90. The number of para-hydroxylation sites is 1. The molecule has 0 atom stereocenters. The van der Waals surface area contributed by atoms with Crippen molar-refractivity contribution < 1.29 is 28.2 Å². The van der Waals surface area contributed by atoms with E-state index in [1.807, 2.05) is 29.6 Å². The van der Waals surface area contributed by atoms with Crippen molar-refractivity contribution in [1.29, 1.82) is 0 Å². The SMILES string of the molecule is COc1cccc2cc(C(=O)Oc3ccc4c(c3C)O/C(=C\c3cccs3)C4=O)oc12. The van der Waals surface area contributed by atoms with Gasteiger partial charge in [0.25, 0.3) is 0 Å². The Balaban J connectivity index is 1.43. The van der Waals surface area contributed by atoms with Gasteiger partial charge in [0.05, 0.1) is 12.7 Å². The Hall–Kier alpha value is -3.84. The molecule has 2 aromatic carbocycles. The topological polar surface area (TPSA) is 75.0 Å². The van der Waals surface area contributed by atoms with Crippen molar-refractivity contribution in [2.45, 2.75) is 6.92 Å². The monoisotopic (exact) mass is 432 g/mol. The van der Waals surface area contributed by atoms with Gasteiger partial charge < -0.3 is 18.6 Å². The number of esters is 1. The highest BCUT2D eigenvalue weighted by Gasteiger charge is 2.31. The van der Waals surface area contributed by atoms with Crippen LogP contribution in [0.1, 0.15) is 31.4 Å². The number of ketones is 1. The highest BCUT2D eigenvalue weighted by Crippen LogP contribution is 2.40. The summed E-state index contributed by atoms with van der Waals surface area (Å²) in [6, 6.07) is 14.0. The molecule has 0 N–H and O–H groups in total. The lowest BCUT2D eigenvalue weighted by Crippen LogP contribution is -2.08. The Kier molecular flexibility index (Phi) is 4.60. The average Bonchev–Trinajstić information content (AvgIpc) is 3.50. The molecule has 2 aromatic heterocycles. The van der Waals surface area contributed by atoms with Gasteiger partial charge in [-0.2, -0.15) is 0 Å². The third-order valence-corrected chi connectivity index (χ3v) is 5.80. The molecule has 4 aromatic rings. The van der Waals surface area contributed by atoms with Crippen LogP contribution in [0.15, 0.2) is 64.1 Å². The maximum absolute atomic E-state index is 12.7. The maximum Gasteiger partial charge on any atom is 0.379 e. The van der Waals surface area contributed by atoms with Crippen LogP contribution in [0.3, 0.4) is 0 Å². The van der Waals surface area contributed by atoms with Crippen molar-refractivity contribution in [3.8, 4) is 17.2 Å². The molecular weight excluding hydrogens is 416 g/mol.